The van der Waals surface area contributed by atoms with Gasteiger partial charge in [0.15, 0.2) is 0 Å². The number of benzene rings is 3. The minimum atomic E-state index is -0.516. The van der Waals surface area contributed by atoms with Crippen LogP contribution >= 0.6 is 11.6 Å². The van der Waals surface area contributed by atoms with Crippen LogP contribution in [0.4, 0.5) is 11.4 Å². The highest BCUT2D eigenvalue weighted by Crippen LogP contribution is 2.33. The van der Waals surface area contributed by atoms with Crippen molar-refractivity contribution in [2.45, 2.75) is 20.4 Å². The molecule has 1 aliphatic heterocycles. The summed E-state index contributed by atoms with van der Waals surface area (Å²) in [6, 6.07) is 18.4. The van der Waals surface area contributed by atoms with Crippen LogP contribution < -0.4 is 5.32 Å². The van der Waals surface area contributed by atoms with Gasteiger partial charge in [0.2, 0.25) is 0 Å². The highest BCUT2D eigenvalue weighted by atomic mass is 35.5. The number of nitro groups is 1. The Morgan fingerprint density at radius 2 is 1.61 bits per heavy atom. The number of nitrogens with one attached hydrogen (secondary N) is 1. The molecule has 8 heteroatoms. The predicted octanol–water partition coefficient (Wildman–Crippen LogP) is 5.26. The molecular weight excluding hydrogens is 442 g/mol. The molecule has 0 saturated heterocycles. The van der Waals surface area contributed by atoms with Crippen molar-refractivity contribution in [2.75, 3.05) is 5.32 Å². The van der Waals surface area contributed by atoms with E-state index < -0.39 is 16.7 Å². The summed E-state index contributed by atoms with van der Waals surface area (Å²) < 4.78 is 0. The van der Waals surface area contributed by atoms with Gasteiger partial charge in [-0.2, -0.15) is 0 Å². The maximum absolute atomic E-state index is 13.4. The average Bonchev–Trinajstić information content (AvgIpc) is 3.02. The summed E-state index contributed by atoms with van der Waals surface area (Å²) in [6.45, 7) is 3.92. The monoisotopic (exact) mass is 461 g/mol. The second kappa shape index (κ2) is 8.88. The second-order valence-corrected chi connectivity index (χ2v) is 8.26. The van der Waals surface area contributed by atoms with Crippen molar-refractivity contribution in [1.29, 1.82) is 0 Å². The Kier molecular flexibility index (Phi) is 5.98. The first-order valence-corrected chi connectivity index (χ1v) is 10.6. The molecule has 3 aromatic carbocycles. The van der Waals surface area contributed by atoms with E-state index in [1.165, 1.54) is 29.2 Å². The number of nitro benzene ring substituents is 1. The molecule has 0 fully saturated rings. The summed E-state index contributed by atoms with van der Waals surface area (Å²) in [5.74, 6) is -0.954. The number of halogens is 1. The first kappa shape index (κ1) is 22.2. The van der Waals surface area contributed by atoms with E-state index in [1.54, 1.807) is 12.1 Å². The summed E-state index contributed by atoms with van der Waals surface area (Å²) in [7, 11) is 0. The molecule has 0 radical (unpaired) electrons. The van der Waals surface area contributed by atoms with Crippen molar-refractivity contribution in [1.82, 2.24) is 4.90 Å². The van der Waals surface area contributed by atoms with Gasteiger partial charge >= 0.3 is 0 Å². The van der Waals surface area contributed by atoms with Crippen LogP contribution in [-0.2, 0) is 16.1 Å². The van der Waals surface area contributed by atoms with Crippen molar-refractivity contribution in [2.24, 2.45) is 0 Å². The first-order chi connectivity index (χ1) is 15.7. The number of hydrogen-bond donors (Lipinski definition) is 1. The van der Waals surface area contributed by atoms with Crippen LogP contribution in [-0.4, -0.2) is 21.6 Å². The Bertz CT molecular complexity index is 1300. The Morgan fingerprint density at radius 1 is 0.939 bits per heavy atom. The molecular formula is C25H20ClN3O4. The zero-order chi connectivity index (χ0) is 23.7. The zero-order valence-corrected chi connectivity index (χ0v) is 18.7. The number of rotatable bonds is 6. The molecule has 0 saturated carbocycles. The molecule has 0 spiro atoms. The van der Waals surface area contributed by atoms with Crippen LogP contribution in [0.1, 0.15) is 22.3 Å². The van der Waals surface area contributed by atoms with Crippen LogP contribution in [0.5, 0.6) is 0 Å². The van der Waals surface area contributed by atoms with E-state index in [2.05, 4.69) is 5.32 Å². The third-order valence-corrected chi connectivity index (χ3v) is 5.69. The van der Waals surface area contributed by atoms with Gasteiger partial charge in [0.25, 0.3) is 17.5 Å². The third-order valence-electron chi connectivity index (χ3n) is 5.46. The lowest BCUT2D eigenvalue weighted by molar-refractivity contribution is -0.384. The molecule has 2 amide bonds. The Morgan fingerprint density at radius 3 is 2.24 bits per heavy atom. The van der Waals surface area contributed by atoms with Crippen molar-refractivity contribution in [3.05, 3.63) is 110 Å². The number of amides is 2. The molecule has 0 aromatic heterocycles. The second-order valence-electron chi connectivity index (χ2n) is 7.82. The minimum Gasteiger partial charge on any atom is -0.350 e. The topological polar surface area (TPSA) is 92.6 Å². The fourth-order valence-corrected chi connectivity index (χ4v) is 3.76. The van der Waals surface area contributed by atoms with E-state index in [0.29, 0.717) is 16.3 Å². The van der Waals surface area contributed by atoms with Crippen LogP contribution in [0.2, 0.25) is 5.02 Å². The fourth-order valence-electron chi connectivity index (χ4n) is 3.59. The summed E-state index contributed by atoms with van der Waals surface area (Å²) in [5, 5.41) is 14.6. The van der Waals surface area contributed by atoms with Gasteiger partial charge in [0, 0.05) is 22.8 Å². The van der Waals surface area contributed by atoms with Crippen LogP contribution in [0.25, 0.3) is 5.57 Å². The largest absolute Gasteiger partial charge is 0.350 e. The van der Waals surface area contributed by atoms with E-state index in [4.69, 9.17) is 11.6 Å². The fraction of sp³-hybridized carbons (Fsp3) is 0.120. The van der Waals surface area contributed by atoms with Gasteiger partial charge in [-0.1, -0.05) is 47.5 Å². The molecule has 166 valence electrons. The van der Waals surface area contributed by atoms with Gasteiger partial charge in [-0.25, -0.2) is 0 Å². The van der Waals surface area contributed by atoms with Crippen molar-refractivity contribution >= 4 is 40.4 Å². The first-order valence-electron chi connectivity index (χ1n) is 10.2. The van der Waals surface area contributed by atoms with Gasteiger partial charge in [-0.3, -0.25) is 24.6 Å². The molecule has 3 aromatic rings. The SMILES string of the molecule is Cc1ccc(CN2C(=O)C(Nc3cc(Cl)ccc3C)=C(c3ccc([N+](=O)[O-])cc3)C2=O)cc1. The summed E-state index contributed by atoms with van der Waals surface area (Å²) in [6.07, 6.45) is 0. The summed E-state index contributed by atoms with van der Waals surface area (Å²) >= 11 is 6.13. The lowest BCUT2D eigenvalue weighted by atomic mass is 10.0. The van der Waals surface area contributed by atoms with Crippen molar-refractivity contribution in [3.63, 3.8) is 0 Å². The Labute approximate surface area is 195 Å². The number of imide groups is 1. The number of hydrogen-bond acceptors (Lipinski definition) is 5. The van der Waals surface area contributed by atoms with Crippen molar-refractivity contribution in [3.8, 4) is 0 Å². The summed E-state index contributed by atoms with van der Waals surface area (Å²) in [5.41, 5.74) is 3.88. The molecule has 1 N–H and O–H groups in total. The van der Waals surface area contributed by atoms with Crippen LogP contribution in [0, 0.1) is 24.0 Å². The highest BCUT2D eigenvalue weighted by molar-refractivity contribution is 6.36. The van der Waals surface area contributed by atoms with E-state index in [-0.39, 0.29) is 23.5 Å². The molecule has 0 aliphatic carbocycles. The van der Waals surface area contributed by atoms with Gasteiger partial charge in [-0.05, 0) is 54.8 Å². The van der Waals surface area contributed by atoms with Crippen molar-refractivity contribution < 1.29 is 14.5 Å². The van der Waals surface area contributed by atoms with E-state index in [1.807, 2.05) is 44.2 Å². The standard InChI is InChI=1S/C25H20ClN3O4/c1-15-3-6-17(7-4-15)14-28-24(30)22(18-8-11-20(12-9-18)29(32)33)23(25(28)31)27-21-13-19(26)10-5-16(21)2/h3-13,27H,14H2,1-2H3. The Balaban J connectivity index is 1.77. The maximum Gasteiger partial charge on any atom is 0.278 e. The van der Waals surface area contributed by atoms with Gasteiger partial charge in [-0.15, -0.1) is 0 Å². The molecule has 33 heavy (non-hydrogen) atoms. The number of carbonyl (C=O) groups excluding carboxylic acids is 2. The molecule has 1 aliphatic rings. The zero-order valence-electron chi connectivity index (χ0n) is 18.0. The summed E-state index contributed by atoms with van der Waals surface area (Å²) in [4.78, 5) is 38.5. The molecule has 0 atom stereocenters. The third kappa shape index (κ3) is 4.49. The smallest absolute Gasteiger partial charge is 0.278 e. The van der Waals surface area contributed by atoms with Crippen LogP contribution in [0.15, 0.2) is 72.4 Å². The number of anilines is 1. The van der Waals surface area contributed by atoms with Gasteiger partial charge < -0.3 is 5.32 Å². The number of aryl methyl sites for hydroxylation is 2. The number of carbonyl (C=O) groups is 2. The number of nitrogens with zero attached hydrogens (tertiary/aromatic N) is 2. The van der Waals surface area contributed by atoms with Gasteiger partial charge in [0.1, 0.15) is 5.70 Å². The molecule has 0 unspecified atom stereocenters. The number of non-ortho nitro benzene ring substituents is 1. The quantitative estimate of drug-likeness (QED) is 0.307. The van der Waals surface area contributed by atoms with E-state index >= 15 is 0 Å². The highest BCUT2D eigenvalue weighted by Gasteiger charge is 2.39. The van der Waals surface area contributed by atoms with E-state index in [0.717, 1.165) is 16.7 Å². The lowest BCUT2D eigenvalue weighted by Crippen LogP contribution is -2.32. The normalized spacial score (nSPS) is 13.6. The molecule has 4 rings (SSSR count). The maximum atomic E-state index is 13.4. The molecule has 1 heterocycles. The van der Waals surface area contributed by atoms with Gasteiger partial charge in [0.05, 0.1) is 17.0 Å². The predicted molar refractivity (Wildman–Crippen MR) is 127 cm³/mol. The van der Waals surface area contributed by atoms with Crippen LogP contribution in [0.3, 0.4) is 0 Å². The Hall–Kier alpha value is -3.97. The lowest BCUT2D eigenvalue weighted by Gasteiger charge is -2.16. The molecule has 7 nitrogen and oxygen atoms in total. The average molecular weight is 462 g/mol. The van der Waals surface area contributed by atoms with E-state index in [9.17, 15) is 19.7 Å². The minimum absolute atomic E-state index is 0.103. The molecule has 0 bridgehead atoms.